The number of hydrogen-bond acceptors (Lipinski definition) is 6. The lowest BCUT2D eigenvalue weighted by Crippen LogP contribution is -2.51. The maximum Gasteiger partial charge on any atom is 0.232 e. The quantitative estimate of drug-likeness (QED) is 0.792. The number of aromatic nitrogens is 2. The lowest BCUT2D eigenvalue weighted by Gasteiger charge is -2.48. The van der Waals surface area contributed by atoms with Gasteiger partial charge in [0.15, 0.2) is 0 Å². The molecule has 0 N–H and O–H groups in total. The molecule has 134 valence electrons. The molecule has 1 unspecified atom stereocenters. The van der Waals surface area contributed by atoms with Crippen molar-refractivity contribution in [2.24, 2.45) is 11.3 Å². The summed E-state index contributed by atoms with van der Waals surface area (Å²) in [6.45, 7) is 4.81. The third-order valence-corrected chi connectivity index (χ3v) is 7.26. The minimum absolute atomic E-state index is 0.0974. The molecule has 0 aromatic carbocycles. The fourth-order valence-electron chi connectivity index (χ4n) is 3.70. The monoisotopic (exact) mass is 355 g/mol. The van der Waals surface area contributed by atoms with Gasteiger partial charge >= 0.3 is 0 Å². The number of sulfonamides is 1. The lowest BCUT2D eigenvalue weighted by molar-refractivity contribution is -0.0791. The van der Waals surface area contributed by atoms with Crippen LogP contribution in [0, 0.1) is 11.3 Å². The van der Waals surface area contributed by atoms with Gasteiger partial charge in [0.25, 0.3) is 0 Å². The van der Waals surface area contributed by atoms with Gasteiger partial charge in [-0.3, -0.25) is 4.98 Å². The summed E-state index contributed by atoms with van der Waals surface area (Å²) in [5.41, 5.74) is 0.0974. The Morgan fingerprint density at radius 2 is 2.12 bits per heavy atom. The van der Waals surface area contributed by atoms with Crippen LogP contribution in [0.3, 0.4) is 0 Å². The number of ether oxygens (including phenoxy) is 2. The maximum absolute atomic E-state index is 12.1. The van der Waals surface area contributed by atoms with E-state index in [-0.39, 0.29) is 17.1 Å². The number of hydrogen-bond donors (Lipinski definition) is 0. The molecule has 0 bridgehead atoms. The van der Waals surface area contributed by atoms with Crippen LogP contribution < -0.4 is 4.74 Å². The highest BCUT2D eigenvalue weighted by Crippen LogP contribution is 2.45. The van der Waals surface area contributed by atoms with Crippen molar-refractivity contribution in [1.29, 1.82) is 0 Å². The summed E-state index contributed by atoms with van der Waals surface area (Å²) in [5, 5.41) is 0. The normalized spacial score (nSPS) is 24.8. The molecular weight excluding hydrogens is 330 g/mol. The fourth-order valence-corrected chi connectivity index (χ4v) is 4.81. The lowest BCUT2D eigenvalue weighted by atomic mass is 9.66. The van der Waals surface area contributed by atoms with Crippen molar-refractivity contribution in [1.82, 2.24) is 14.3 Å². The van der Waals surface area contributed by atoms with Gasteiger partial charge in [0.05, 0.1) is 25.2 Å². The largest absolute Gasteiger partial charge is 0.476 e. The van der Waals surface area contributed by atoms with Crippen LogP contribution in [0.25, 0.3) is 0 Å². The van der Waals surface area contributed by atoms with E-state index in [1.54, 1.807) is 29.8 Å². The van der Waals surface area contributed by atoms with Crippen molar-refractivity contribution in [2.45, 2.75) is 26.2 Å². The predicted octanol–water partition coefficient (Wildman–Crippen LogP) is 1.32. The van der Waals surface area contributed by atoms with E-state index in [1.807, 2.05) is 0 Å². The van der Waals surface area contributed by atoms with E-state index in [1.165, 1.54) is 0 Å². The van der Waals surface area contributed by atoms with E-state index in [4.69, 9.17) is 9.47 Å². The molecule has 1 aromatic heterocycles. The van der Waals surface area contributed by atoms with Crippen LogP contribution in [0.1, 0.15) is 26.2 Å². The average molecular weight is 355 g/mol. The Bertz CT molecular complexity index is 630. The van der Waals surface area contributed by atoms with Gasteiger partial charge in [0, 0.05) is 38.0 Å². The third-order valence-electron chi connectivity index (χ3n) is 5.38. The first-order chi connectivity index (χ1) is 11.6. The molecule has 0 radical (unpaired) electrons. The van der Waals surface area contributed by atoms with Gasteiger partial charge in [0.2, 0.25) is 15.9 Å². The summed E-state index contributed by atoms with van der Waals surface area (Å²) in [5.74, 6) is 0.937. The van der Waals surface area contributed by atoms with E-state index in [0.717, 1.165) is 25.9 Å². The number of rotatable bonds is 5. The summed E-state index contributed by atoms with van der Waals surface area (Å²) in [7, 11) is -3.10. The smallest absolute Gasteiger partial charge is 0.232 e. The van der Waals surface area contributed by atoms with Gasteiger partial charge in [0.1, 0.15) is 0 Å². The molecule has 2 fully saturated rings. The van der Waals surface area contributed by atoms with E-state index in [9.17, 15) is 8.42 Å². The number of piperidine rings is 1. The standard InChI is InChI=1S/C16H25N3O4S/c1-2-24(20,21)19-8-3-16(4-9-19)5-10-22-12-14(16)13-23-15-11-17-6-7-18-15/h6-7,11,14H,2-5,8-10,12-13H2,1H3. The number of nitrogens with zero attached hydrogens (tertiary/aromatic N) is 3. The molecular formula is C16H25N3O4S. The fraction of sp³-hybridized carbons (Fsp3) is 0.750. The van der Waals surface area contributed by atoms with E-state index < -0.39 is 10.0 Å². The Kier molecular flexibility index (Phi) is 5.36. The van der Waals surface area contributed by atoms with Gasteiger partial charge < -0.3 is 9.47 Å². The van der Waals surface area contributed by atoms with Gasteiger partial charge in [-0.05, 0) is 31.6 Å². The second-order valence-corrected chi connectivity index (χ2v) is 8.80. The molecule has 1 aromatic rings. The molecule has 3 heterocycles. The first kappa shape index (κ1) is 17.6. The molecule has 24 heavy (non-hydrogen) atoms. The zero-order valence-corrected chi connectivity index (χ0v) is 14.9. The summed E-state index contributed by atoms with van der Waals surface area (Å²) in [6.07, 6.45) is 7.51. The predicted molar refractivity (Wildman–Crippen MR) is 89.2 cm³/mol. The molecule has 1 atom stereocenters. The van der Waals surface area contributed by atoms with Crippen LogP contribution in [0.15, 0.2) is 18.6 Å². The van der Waals surface area contributed by atoms with Crippen LogP contribution in [-0.4, -0.2) is 61.4 Å². The molecule has 0 aliphatic carbocycles. The summed E-state index contributed by atoms with van der Waals surface area (Å²) < 4.78 is 37.3. The minimum Gasteiger partial charge on any atom is -0.476 e. The Labute approximate surface area is 143 Å². The van der Waals surface area contributed by atoms with Crippen molar-refractivity contribution >= 4 is 10.0 Å². The van der Waals surface area contributed by atoms with Crippen LogP contribution in [-0.2, 0) is 14.8 Å². The van der Waals surface area contributed by atoms with Crippen molar-refractivity contribution in [3.63, 3.8) is 0 Å². The zero-order valence-electron chi connectivity index (χ0n) is 14.1. The Balaban J connectivity index is 1.64. The van der Waals surface area contributed by atoms with Crippen molar-refractivity contribution in [3.8, 4) is 5.88 Å². The maximum atomic E-state index is 12.1. The summed E-state index contributed by atoms with van der Waals surface area (Å²) in [4.78, 5) is 8.15. The van der Waals surface area contributed by atoms with Crippen LogP contribution >= 0.6 is 0 Å². The van der Waals surface area contributed by atoms with Crippen LogP contribution in [0.2, 0.25) is 0 Å². The SMILES string of the molecule is CCS(=O)(=O)N1CCC2(CCOCC2COc2cnccn2)CC1. The third kappa shape index (κ3) is 3.70. The first-order valence-electron chi connectivity index (χ1n) is 8.50. The van der Waals surface area contributed by atoms with Crippen molar-refractivity contribution < 1.29 is 17.9 Å². The second-order valence-electron chi connectivity index (χ2n) is 6.54. The average Bonchev–Trinajstić information content (AvgIpc) is 2.62. The van der Waals surface area contributed by atoms with Gasteiger partial charge in [-0.2, -0.15) is 0 Å². The van der Waals surface area contributed by atoms with Gasteiger partial charge in [-0.1, -0.05) is 0 Å². The van der Waals surface area contributed by atoms with Gasteiger partial charge in [-0.25, -0.2) is 17.7 Å². The van der Waals surface area contributed by atoms with Crippen molar-refractivity contribution in [3.05, 3.63) is 18.6 Å². The molecule has 7 nitrogen and oxygen atoms in total. The Morgan fingerprint density at radius 3 is 2.79 bits per heavy atom. The molecule has 2 saturated heterocycles. The summed E-state index contributed by atoms with van der Waals surface area (Å²) in [6, 6.07) is 0. The van der Waals surface area contributed by atoms with E-state index >= 15 is 0 Å². The van der Waals surface area contributed by atoms with Crippen molar-refractivity contribution in [2.75, 3.05) is 38.7 Å². The highest BCUT2D eigenvalue weighted by molar-refractivity contribution is 7.89. The topological polar surface area (TPSA) is 81.6 Å². The van der Waals surface area contributed by atoms with E-state index in [2.05, 4.69) is 9.97 Å². The Hall–Kier alpha value is -1.25. The van der Waals surface area contributed by atoms with Gasteiger partial charge in [-0.15, -0.1) is 0 Å². The second kappa shape index (κ2) is 7.33. The Morgan fingerprint density at radius 1 is 1.33 bits per heavy atom. The molecule has 2 aliphatic rings. The molecule has 2 aliphatic heterocycles. The van der Waals surface area contributed by atoms with E-state index in [0.29, 0.717) is 32.2 Å². The van der Waals surface area contributed by atoms with Crippen LogP contribution in [0.4, 0.5) is 0 Å². The molecule has 0 amide bonds. The summed E-state index contributed by atoms with van der Waals surface area (Å²) >= 11 is 0. The molecule has 3 rings (SSSR count). The molecule has 8 heteroatoms. The first-order valence-corrected chi connectivity index (χ1v) is 10.1. The highest BCUT2D eigenvalue weighted by Gasteiger charge is 2.45. The van der Waals surface area contributed by atoms with Crippen LogP contribution in [0.5, 0.6) is 5.88 Å². The zero-order chi connectivity index (χ0) is 17.0. The minimum atomic E-state index is -3.10. The molecule has 1 spiro atoms. The highest BCUT2D eigenvalue weighted by atomic mass is 32.2. The molecule has 0 saturated carbocycles.